The van der Waals surface area contributed by atoms with E-state index in [0.29, 0.717) is 12.0 Å². The van der Waals surface area contributed by atoms with Crippen molar-refractivity contribution >= 4 is 17.6 Å². The molecule has 0 atom stereocenters. The minimum atomic E-state index is -6.85. The lowest BCUT2D eigenvalue weighted by atomic mass is 9.95. The molecule has 2 rings (SSSR count). The van der Waals surface area contributed by atoms with Crippen molar-refractivity contribution in [2.24, 2.45) is 4.99 Å². The monoisotopic (exact) mass is 504 g/mol. The van der Waals surface area contributed by atoms with Gasteiger partial charge in [-0.15, -0.1) is 0 Å². The highest BCUT2D eigenvalue weighted by molar-refractivity contribution is 6.09. The zero-order valence-corrected chi connectivity index (χ0v) is 15.9. The highest BCUT2D eigenvalue weighted by Crippen LogP contribution is 2.55. The van der Waals surface area contributed by atoms with Gasteiger partial charge in [0.15, 0.2) is 0 Å². The number of rotatable bonds is 2. The van der Waals surface area contributed by atoms with Gasteiger partial charge in [-0.25, -0.2) is 15.1 Å². The molecular formula is C16H12F12N4O. The first kappa shape index (κ1) is 26.5. The second-order valence-electron chi connectivity index (χ2n) is 6.67. The summed E-state index contributed by atoms with van der Waals surface area (Å²) in [5, 5.41) is 2.03. The fourth-order valence-electron chi connectivity index (χ4n) is 2.83. The first-order valence-corrected chi connectivity index (χ1v) is 8.55. The van der Waals surface area contributed by atoms with Crippen molar-refractivity contribution in [3.8, 4) is 0 Å². The van der Waals surface area contributed by atoms with Crippen LogP contribution in [0.4, 0.5) is 63.2 Å². The molecule has 3 N–H and O–H groups in total. The number of nitrogens with zero attached hydrogens (tertiary/aromatic N) is 1. The minimum Gasteiger partial charge on any atom is -0.308 e. The van der Waals surface area contributed by atoms with E-state index in [1.165, 1.54) is 12.1 Å². The number of anilines is 1. The third-order valence-corrected chi connectivity index (χ3v) is 4.53. The molecule has 2 amide bonds. The van der Waals surface area contributed by atoms with E-state index in [4.69, 9.17) is 0 Å². The molecule has 33 heavy (non-hydrogen) atoms. The van der Waals surface area contributed by atoms with Crippen molar-refractivity contribution in [2.75, 3.05) is 5.32 Å². The predicted octanol–water partition coefficient (Wildman–Crippen LogP) is 5.06. The average Bonchev–Trinajstić information content (AvgIpc) is 2.99. The highest BCUT2D eigenvalue weighted by atomic mass is 19.4. The topological polar surface area (TPSA) is 65.5 Å². The number of alkyl halides is 12. The van der Waals surface area contributed by atoms with Crippen LogP contribution in [-0.2, 0) is 6.42 Å². The Balaban J connectivity index is 2.61. The Hall–Kier alpha value is -2.72. The van der Waals surface area contributed by atoms with Gasteiger partial charge >= 0.3 is 36.4 Å². The van der Waals surface area contributed by atoms with Gasteiger partial charge in [0.2, 0.25) is 0 Å². The number of aliphatic imine (C=N–C) groups is 1. The summed E-state index contributed by atoms with van der Waals surface area (Å²) in [5.74, 6) is -2.99. The van der Waals surface area contributed by atoms with Crippen LogP contribution in [0.15, 0.2) is 29.3 Å². The van der Waals surface area contributed by atoms with E-state index >= 15 is 0 Å². The third-order valence-electron chi connectivity index (χ3n) is 4.53. The Labute approximate surface area is 176 Å². The Morgan fingerprint density at radius 1 is 0.818 bits per heavy atom. The summed E-state index contributed by atoms with van der Waals surface area (Å²) in [6, 6.07) is 3.06. The lowest BCUT2D eigenvalue weighted by Crippen LogP contribution is -2.77. The normalized spacial score (nSPS) is 18.6. The molecule has 1 aliphatic heterocycles. The van der Waals surface area contributed by atoms with E-state index < -0.39 is 53.1 Å². The molecule has 186 valence electrons. The Bertz CT molecular complexity index is 884. The summed E-state index contributed by atoms with van der Waals surface area (Å²) in [6.07, 6.45) is -26.8. The first-order valence-electron chi connectivity index (χ1n) is 8.55. The fraction of sp³-hybridized carbons (Fsp3) is 0.500. The number of amides is 2. The largest absolute Gasteiger partial charge is 0.436 e. The molecule has 0 aliphatic carbocycles. The van der Waals surface area contributed by atoms with Gasteiger partial charge in [0.25, 0.3) is 5.54 Å². The Morgan fingerprint density at radius 3 is 1.64 bits per heavy atom. The van der Waals surface area contributed by atoms with Gasteiger partial charge in [-0.05, 0) is 24.1 Å². The van der Waals surface area contributed by atoms with Gasteiger partial charge in [0, 0.05) is 5.69 Å². The molecule has 0 aromatic heterocycles. The summed E-state index contributed by atoms with van der Waals surface area (Å²) in [6.45, 7) is 1.72. The number of amidine groups is 1. The second-order valence-corrected chi connectivity index (χ2v) is 6.67. The van der Waals surface area contributed by atoms with Gasteiger partial charge < -0.3 is 5.32 Å². The van der Waals surface area contributed by atoms with Crippen LogP contribution < -0.4 is 16.0 Å². The number of nitrogens with one attached hydrogen (secondary N) is 3. The first-order chi connectivity index (χ1) is 14.7. The number of hydrogen-bond donors (Lipinski definition) is 3. The molecule has 1 heterocycles. The van der Waals surface area contributed by atoms with E-state index in [-0.39, 0.29) is 5.69 Å². The molecule has 0 bridgehead atoms. The van der Waals surface area contributed by atoms with Gasteiger partial charge in [0.05, 0.1) is 0 Å². The summed E-state index contributed by atoms with van der Waals surface area (Å²) < 4.78 is 160. The van der Waals surface area contributed by atoms with Crippen molar-refractivity contribution in [1.29, 1.82) is 0 Å². The van der Waals surface area contributed by atoms with Gasteiger partial charge in [0.1, 0.15) is 5.84 Å². The van der Waals surface area contributed by atoms with Crippen LogP contribution in [0.2, 0.25) is 0 Å². The number of benzene rings is 1. The molecule has 1 aromatic rings. The smallest absolute Gasteiger partial charge is 0.308 e. The van der Waals surface area contributed by atoms with E-state index in [0.717, 1.165) is 17.4 Å². The molecule has 17 heteroatoms. The standard InChI is InChI=1S/C16H12F12N4O/c1-2-7-3-5-8(6-4-7)29-10(33)30-9-11(13(17,18)19,14(20,21)22)32-12(31-9,15(23,24)25)16(26,27)28/h3-6,32H,2H2,1H3,(H2,29,30,31,33). The number of halogens is 12. The van der Waals surface area contributed by atoms with E-state index in [1.54, 1.807) is 17.2 Å². The van der Waals surface area contributed by atoms with Gasteiger partial charge in [-0.2, -0.15) is 52.7 Å². The number of carbonyl (C=O) groups excluding carboxylic acids is 1. The van der Waals surface area contributed by atoms with Gasteiger partial charge in [-0.1, -0.05) is 19.1 Å². The lowest BCUT2D eigenvalue weighted by molar-refractivity contribution is -0.333. The molecule has 0 radical (unpaired) electrons. The van der Waals surface area contributed by atoms with Crippen molar-refractivity contribution in [3.63, 3.8) is 0 Å². The Kier molecular flexibility index (Phi) is 6.39. The molecule has 0 fully saturated rings. The van der Waals surface area contributed by atoms with E-state index in [2.05, 4.69) is 0 Å². The van der Waals surface area contributed by atoms with Crippen LogP contribution in [0.5, 0.6) is 0 Å². The van der Waals surface area contributed by atoms with Crippen molar-refractivity contribution in [1.82, 2.24) is 10.6 Å². The van der Waals surface area contributed by atoms with Crippen LogP contribution in [0, 0.1) is 0 Å². The van der Waals surface area contributed by atoms with Crippen LogP contribution in [-0.4, -0.2) is 47.8 Å². The van der Waals surface area contributed by atoms with E-state index in [1.807, 2.05) is 0 Å². The maximum Gasteiger partial charge on any atom is 0.436 e. The summed E-state index contributed by atoms with van der Waals surface area (Å²) in [4.78, 5) is 13.6. The summed E-state index contributed by atoms with van der Waals surface area (Å²) in [7, 11) is 0. The summed E-state index contributed by atoms with van der Waals surface area (Å²) >= 11 is 0. The molecule has 0 saturated carbocycles. The maximum absolute atomic E-state index is 13.5. The van der Waals surface area contributed by atoms with Crippen LogP contribution in [0.1, 0.15) is 12.5 Å². The number of aryl methyl sites for hydroxylation is 1. The van der Waals surface area contributed by atoms with Crippen LogP contribution in [0.3, 0.4) is 0 Å². The number of carbonyl (C=O) groups is 1. The summed E-state index contributed by atoms with van der Waals surface area (Å²) in [5.41, 5.74) is -11.6. The van der Waals surface area contributed by atoms with Crippen molar-refractivity contribution in [2.45, 2.75) is 49.3 Å². The van der Waals surface area contributed by atoms with Crippen LogP contribution in [0.25, 0.3) is 0 Å². The van der Waals surface area contributed by atoms with Crippen molar-refractivity contribution < 1.29 is 57.5 Å². The van der Waals surface area contributed by atoms with Crippen LogP contribution >= 0.6 is 0 Å². The fourth-order valence-corrected chi connectivity index (χ4v) is 2.83. The highest BCUT2D eigenvalue weighted by Gasteiger charge is 2.86. The SMILES string of the molecule is CCc1ccc(NC(=O)NC2=NC(C(F)(F)F)(C(F)(F)F)NC2(C(F)(F)F)C(F)(F)F)cc1. The minimum absolute atomic E-state index is 0.237. The zero-order chi connectivity index (χ0) is 25.7. The maximum atomic E-state index is 13.5. The molecule has 1 aliphatic rings. The molecule has 0 unspecified atom stereocenters. The number of urea groups is 1. The lowest BCUT2D eigenvalue weighted by Gasteiger charge is -2.39. The predicted molar refractivity (Wildman–Crippen MR) is 88.2 cm³/mol. The van der Waals surface area contributed by atoms with Gasteiger partial charge in [-0.3, -0.25) is 5.32 Å². The molecule has 5 nitrogen and oxygen atoms in total. The second kappa shape index (κ2) is 7.95. The quantitative estimate of drug-likeness (QED) is 0.494. The molecular weight excluding hydrogens is 492 g/mol. The van der Waals surface area contributed by atoms with Crippen molar-refractivity contribution in [3.05, 3.63) is 29.8 Å². The van der Waals surface area contributed by atoms with E-state index in [9.17, 15) is 57.5 Å². The molecule has 0 spiro atoms. The Morgan fingerprint density at radius 2 is 1.27 bits per heavy atom. The average molecular weight is 504 g/mol. The third kappa shape index (κ3) is 4.41. The molecule has 1 aromatic carbocycles. The number of hydrogen-bond acceptors (Lipinski definition) is 3. The molecule has 0 saturated heterocycles. The zero-order valence-electron chi connectivity index (χ0n) is 15.9.